The van der Waals surface area contributed by atoms with E-state index >= 15 is 0 Å². The molecule has 1 aromatic heterocycles. The van der Waals surface area contributed by atoms with E-state index in [1.54, 1.807) is 18.6 Å². The number of benzene rings is 1. The zero-order valence-electron chi connectivity index (χ0n) is 11.7. The number of nitrogen functional groups attached to an aromatic ring is 1. The van der Waals surface area contributed by atoms with Gasteiger partial charge in [0, 0.05) is 31.3 Å². The number of halogens is 1. The second kappa shape index (κ2) is 6.32. The molecule has 1 aromatic carbocycles. The molecule has 0 atom stereocenters. The first-order chi connectivity index (χ1) is 9.61. The van der Waals surface area contributed by atoms with Crippen LogP contribution in [0.1, 0.15) is 18.9 Å². The zero-order chi connectivity index (χ0) is 14.5. The molecule has 0 amide bonds. The largest absolute Gasteiger partial charge is 0.490 e. The Balaban J connectivity index is 2.21. The molecular weight excluding hydrogens is 259 g/mol. The van der Waals surface area contributed by atoms with Crippen LogP contribution in [-0.2, 0) is 6.54 Å². The monoisotopic (exact) mass is 278 g/mol. The van der Waals surface area contributed by atoms with Gasteiger partial charge in [-0.05, 0) is 12.5 Å². The lowest BCUT2D eigenvalue weighted by atomic mass is 10.2. The lowest BCUT2D eigenvalue weighted by Gasteiger charge is -2.21. The van der Waals surface area contributed by atoms with Crippen LogP contribution in [0.25, 0.3) is 0 Å². The SMILES string of the molecule is CCCOc1cc(N(C)Cc2ccoc2)c(N)cc1F. The third kappa shape index (κ3) is 3.23. The van der Waals surface area contributed by atoms with Crippen LogP contribution in [0.3, 0.4) is 0 Å². The Bertz CT molecular complexity index is 555. The number of hydrogen-bond donors (Lipinski definition) is 1. The Labute approximate surface area is 117 Å². The van der Waals surface area contributed by atoms with Crippen molar-refractivity contribution in [1.29, 1.82) is 0 Å². The molecule has 2 aromatic rings. The predicted octanol–water partition coefficient (Wildman–Crippen LogP) is 3.43. The first-order valence-corrected chi connectivity index (χ1v) is 6.55. The van der Waals surface area contributed by atoms with E-state index in [0.717, 1.165) is 17.7 Å². The van der Waals surface area contributed by atoms with E-state index in [1.807, 2.05) is 24.9 Å². The van der Waals surface area contributed by atoms with Gasteiger partial charge in [0.15, 0.2) is 11.6 Å². The fourth-order valence-corrected chi connectivity index (χ4v) is 1.95. The molecular formula is C15H19FN2O2. The summed E-state index contributed by atoms with van der Waals surface area (Å²) in [4.78, 5) is 1.93. The zero-order valence-corrected chi connectivity index (χ0v) is 11.7. The van der Waals surface area contributed by atoms with Crippen molar-refractivity contribution in [2.24, 2.45) is 0 Å². The highest BCUT2D eigenvalue weighted by Crippen LogP contribution is 2.31. The van der Waals surface area contributed by atoms with Gasteiger partial charge in [0.05, 0.1) is 30.5 Å². The normalized spacial score (nSPS) is 10.6. The number of ether oxygens (including phenoxy) is 1. The molecule has 2 rings (SSSR count). The molecule has 0 saturated carbocycles. The molecule has 0 bridgehead atoms. The van der Waals surface area contributed by atoms with Crippen molar-refractivity contribution >= 4 is 11.4 Å². The highest BCUT2D eigenvalue weighted by molar-refractivity contribution is 5.69. The molecule has 0 aliphatic heterocycles. The minimum atomic E-state index is -0.434. The Morgan fingerprint density at radius 3 is 2.85 bits per heavy atom. The van der Waals surface area contributed by atoms with Gasteiger partial charge in [-0.1, -0.05) is 6.92 Å². The standard InChI is InChI=1S/C15H19FN2O2/c1-3-5-20-15-8-14(13(17)7-12(15)16)18(2)9-11-4-6-19-10-11/h4,6-8,10H,3,5,9,17H2,1-2H3. The molecule has 0 spiro atoms. The molecule has 5 heteroatoms. The Morgan fingerprint density at radius 2 is 2.20 bits per heavy atom. The molecule has 0 saturated heterocycles. The van der Waals surface area contributed by atoms with Crippen molar-refractivity contribution in [3.05, 3.63) is 42.1 Å². The molecule has 2 N–H and O–H groups in total. The number of furan rings is 1. The van der Waals surface area contributed by atoms with Crippen LogP contribution in [0.4, 0.5) is 15.8 Å². The van der Waals surface area contributed by atoms with E-state index in [2.05, 4.69) is 0 Å². The van der Waals surface area contributed by atoms with Crippen LogP contribution in [0.5, 0.6) is 5.75 Å². The first kappa shape index (κ1) is 14.2. The van der Waals surface area contributed by atoms with Crippen molar-refractivity contribution in [3.8, 4) is 5.75 Å². The molecule has 4 nitrogen and oxygen atoms in total. The molecule has 0 aliphatic carbocycles. The summed E-state index contributed by atoms with van der Waals surface area (Å²) in [6.45, 7) is 3.08. The highest BCUT2D eigenvalue weighted by Gasteiger charge is 2.13. The van der Waals surface area contributed by atoms with Gasteiger partial charge >= 0.3 is 0 Å². The van der Waals surface area contributed by atoms with Crippen LogP contribution in [0.2, 0.25) is 0 Å². The fourth-order valence-electron chi connectivity index (χ4n) is 1.95. The number of nitrogens with two attached hydrogens (primary N) is 1. The van der Waals surface area contributed by atoms with Crippen molar-refractivity contribution < 1.29 is 13.5 Å². The summed E-state index contributed by atoms with van der Waals surface area (Å²) >= 11 is 0. The maximum absolute atomic E-state index is 13.8. The second-order valence-electron chi connectivity index (χ2n) is 4.68. The number of nitrogens with zero attached hydrogens (tertiary/aromatic N) is 1. The van der Waals surface area contributed by atoms with E-state index in [9.17, 15) is 4.39 Å². The molecule has 108 valence electrons. The number of anilines is 2. The molecule has 0 fully saturated rings. The van der Waals surface area contributed by atoms with Crippen LogP contribution in [0, 0.1) is 5.82 Å². The van der Waals surface area contributed by atoms with Gasteiger partial charge in [-0.25, -0.2) is 4.39 Å². The molecule has 0 radical (unpaired) electrons. The van der Waals surface area contributed by atoms with Crippen LogP contribution in [0.15, 0.2) is 35.1 Å². The van der Waals surface area contributed by atoms with Gasteiger partial charge in [-0.2, -0.15) is 0 Å². The van der Waals surface area contributed by atoms with Crippen LogP contribution >= 0.6 is 0 Å². The summed E-state index contributed by atoms with van der Waals surface area (Å²) in [6.07, 6.45) is 4.11. The average molecular weight is 278 g/mol. The van der Waals surface area contributed by atoms with Crippen molar-refractivity contribution in [1.82, 2.24) is 0 Å². The maximum atomic E-state index is 13.8. The lowest BCUT2D eigenvalue weighted by molar-refractivity contribution is 0.301. The Morgan fingerprint density at radius 1 is 1.40 bits per heavy atom. The van der Waals surface area contributed by atoms with Gasteiger partial charge in [-0.15, -0.1) is 0 Å². The highest BCUT2D eigenvalue weighted by atomic mass is 19.1. The third-order valence-electron chi connectivity index (χ3n) is 2.95. The lowest BCUT2D eigenvalue weighted by Crippen LogP contribution is -2.18. The fraction of sp³-hybridized carbons (Fsp3) is 0.333. The molecule has 0 unspecified atom stereocenters. The quantitative estimate of drug-likeness (QED) is 0.822. The third-order valence-corrected chi connectivity index (χ3v) is 2.95. The molecule has 0 aliphatic rings. The van der Waals surface area contributed by atoms with Crippen LogP contribution in [-0.4, -0.2) is 13.7 Å². The topological polar surface area (TPSA) is 51.6 Å². The smallest absolute Gasteiger partial charge is 0.167 e. The van der Waals surface area contributed by atoms with Crippen molar-refractivity contribution in [2.75, 3.05) is 24.3 Å². The van der Waals surface area contributed by atoms with Gasteiger partial charge in [0.2, 0.25) is 0 Å². The Hall–Kier alpha value is -2.17. The minimum absolute atomic E-state index is 0.232. The number of hydrogen-bond acceptors (Lipinski definition) is 4. The summed E-state index contributed by atoms with van der Waals surface area (Å²) in [5, 5.41) is 0. The summed E-state index contributed by atoms with van der Waals surface area (Å²) in [6, 6.07) is 4.82. The average Bonchev–Trinajstić information content (AvgIpc) is 2.90. The first-order valence-electron chi connectivity index (χ1n) is 6.55. The predicted molar refractivity (Wildman–Crippen MR) is 77.4 cm³/mol. The second-order valence-corrected chi connectivity index (χ2v) is 4.68. The van der Waals surface area contributed by atoms with Crippen molar-refractivity contribution in [3.63, 3.8) is 0 Å². The van der Waals surface area contributed by atoms with Crippen LogP contribution < -0.4 is 15.4 Å². The van der Waals surface area contributed by atoms with E-state index in [4.69, 9.17) is 14.9 Å². The van der Waals surface area contributed by atoms with E-state index in [0.29, 0.717) is 18.8 Å². The summed E-state index contributed by atoms with van der Waals surface area (Å²) < 4.78 is 24.2. The number of rotatable bonds is 6. The minimum Gasteiger partial charge on any atom is -0.490 e. The van der Waals surface area contributed by atoms with Gasteiger partial charge in [0.1, 0.15) is 0 Å². The summed E-state index contributed by atoms with van der Waals surface area (Å²) in [7, 11) is 1.89. The van der Waals surface area contributed by atoms with E-state index in [1.165, 1.54) is 6.07 Å². The van der Waals surface area contributed by atoms with E-state index in [-0.39, 0.29) is 5.75 Å². The summed E-state index contributed by atoms with van der Waals surface area (Å²) in [5.74, 6) is -0.202. The Kier molecular flexibility index (Phi) is 4.50. The maximum Gasteiger partial charge on any atom is 0.167 e. The molecule has 20 heavy (non-hydrogen) atoms. The van der Waals surface area contributed by atoms with Crippen molar-refractivity contribution in [2.45, 2.75) is 19.9 Å². The molecule has 1 heterocycles. The van der Waals surface area contributed by atoms with Gasteiger partial charge < -0.3 is 19.8 Å². The van der Waals surface area contributed by atoms with E-state index < -0.39 is 5.82 Å². The summed E-state index contributed by atoms with van der Waals surface area (Å²) in [5.41, 5.74) is 8.03. The van der Waals surface area contributed by atoms with Gasteiger partial charge in [-0.3, -0.25) is 0 Å². The van der Waals surface area contributed by atoms with Gasteiger partial charge in [0.25, 0.3) is 0 Å².